The van der Waals surface area contributed by atoms with E-state index in [2.05, 4.69) is 4.72 Å². The summed E-state index contributed by atoms with van der Waals surface area (Å²) < 4.78 is 26.8. The second-order valence-electron chi connectivity index (χ2n) is 4.77. The Morgan fingerprint density at radius 1 is 1.32 bits per heavy atom. The van der Waals surface area contributed by atoms with Crippen LogP contribution in [-0.4, -0.2) is 20.4 Å². The van der Waals surface area contributed by atoms with Crippen molar-refractivity contribution in [1.82, 2.24) is 4.72 Å². The van der Waals surface area contributed by atoms with Gasteiger partial charge in [-0.2, -0.15) is 4.72 Å². The summed E-state index contributed by atoms with van der Waals surface area (Å²) in [6.07, 6.45) is 0. The molecule has 1 rings (SSSR count). The maximum atomic E-state index is 12.3. The highest BCUT2D eigenvalue weighted by Crippen LogP contribution is 2.19. The van der Waals surface area contributed by atoms with Gasteiger partial charge >= 0.3 is 0 Å². The fourth-order valence-electron chi connectivity index (χ4n) is 1.66. The number of benzene rings is 1. The molecule has 1 amide bonds. The Kier molecular flexibility index (Phi) is 4.54. The molecule has 1 aromatic rings. The Bertz CT molecular complexity index is 582. The van der Waals surface area contributed by atoms with Crippen molar-refractivity contribution in [2.45, 2.75) is 31.7 Å². The van der Waals surface area contributed by atoms with Gasteiger partial charge in [0.25, 0.3) is 0 Å². The van der Waals surface area contributed by atoms with Crippen molar-refractivity contribution < 1.29 is 13.2 Å². The van der Waals surface area contributed by atoms with Crippen LogP contribution >= 0.6 is 0 Å². The smallest absolute Gasteiger partial charge is 0.241 e. The first-order chi connectivity index (χ1) is 8.65. The first-order valence-electron chi connectivity index (χ1n) is 5.83. The third kappa shape index (κ3) is 3.68. The predicted octanol–water partition coefficient (Wildman–Crippen LogP) is 0.365. The Balaban J connectivity index is 3.17. The second kappa shape index (κ2) is 5.58. The third-order valence-electron chi connectivity index (χ3n) is 2.76. The van der Waals surface area contributed by atoms with Gasteiger partial charge in [-0.25, -0.2) is 8.42 Å². The summed E-state index contributed by atoms with van der Waals surface area (Å²) in [6.45, 7) is 5.08. The van der Waals surface area contributed by atoms with Crippen molar-refractivity contribution in [3.63, 3.8) is 0 Å². The van der Waals surface area contributed by atoms with Gasteiger partial charge in [0, 0.05) is 5.69 Å². The van der Waals surface area contributed by atoms with E-state index < -0.39 is 22.0 Å². The highest BCUT2D eigenvalue weighted by molar-refractivity contribution is 7.89. The van der Waals surface area contributed by atoms with Gasteiger partial charge < -0.3 is 11.5 Å². The zero-order valence-corrected chi connectivity index (χ0v) is 12.0. The minimum Gasteiger partial charge on any atom is -0.399 e. The van der Waals surface area contributed by atoms with Gasteiger partial charge in [-0.3, -0.25) is 4.79 Å². The number of carbonyl (C=O) groups is 1. The van der Waals surface area contributed by atoms with Crippen LogP contribution in [0.3, 0.4) is 0 Å². The molecule has 0 bridgehead atoms. The average molecular weight is 285 g/mol. The predicted molar refractivity (Wildman–Crippen MR) is 73.7 cm³/mol. The van der Waals surface area contributed by atoms with Crippen LogP contribution in [0.25, 0.3) is 0 Å². The fraction of sp³-hybridized carbons (Fsp3) is 0.417. The highest BCUT2D eigenvalue weighted by atomic mass is 32.2. The molecule has 0 spiro atoms. The molecule has 0 aromatic heterocycles. The Morgan fingerprint density at radius 3 is 2.37 bits per heavy atom. The van der Waals surface area contributed by atoms with Crippen LogP contribution in [0.15, 0.2) is 23.1 Å². The number of rotatable bonds is 5. The van der Waals surface area contributed by atoms with Gasteiger partial charge in [0.15, 0.2) is 0 Å². The van der Waals surface area contributed by atoms with E-state index in [1.54, 1.807) is 32.9 Å². The molecule has 0 aliphatic heterocycles. The van der Waals surface area contributed by atoms with Gasteiger partial charge in [-0.05, 0) is 30.5 Å². The molecular formula is C12H19N3O3S. The van der Waals surface area contributed by atoms with Crippen molar-refractivity contribution >= 4 is 21.6 Å². The van der Waals surface area contributed by atoms with E-state index in [9.17, 15) is 13.2 Å². The molecule has 1 unspecified atom stereocenters. The zero-order chi connectivity index (χ0) is 14.8. The molecular weight excluding hydrogens is 266 g/mol. The molecule has 0 heterocycles. The standard InChI is InChI=1S/C12H19N3O3S/c1-7(2)11(12(14)16)15-19(17,18)10-6-9(13)5-4-8(10)3/h4-7,11,15H,13H2,1-3H3,(H2,14,16). The Labute approximate surface area is 113 Å². The van der Waals surface area contributed by atoms with Crippen LogP contribution in [0.2, 0.25) is 0 Å². The van der Waals surface area contributed by atoms with E-state index in [1.807, 2.05) is 0 Å². The lowest BCUT2D eigenvalue weighted by molar-refractivity contribution is -0.120. The number of nitrogen functional groups attached to an aromatic ring is 1. The van der Waals surface area contributed by atoms with Crippen LogP contribution in [0.4, 0.5) is 5.69 Å². The molecule has 0 aliphatic carbocycles. The molecule has 6 nitrogen and oxygen atoms in total. The number of hydrogen-bond acceptors (Lipinski definition) is 4. The molecule has 1 aromatic carbocycles. The summed E-state index contributed by atoms with van der Waals surface area (Å²) in [5, 5.41) is 0. The lowest BCUT2D eigenvalue weighted by Crippen LogP contribution is -2.47. The average Bonchev–Trinajstić information content (AvgIpc) is 2.28. The normalized spacial score (nSPS) is 13.5. The minimum atomic E-state index is -3.83. The van der Waals surface area contributed by atoms with Crippen molar-refractivity contribution in [2.75, 3.05) is 5.73 Å². The quantitative estimate of drug-likeness (QED) is 0.678. The van der Waals surface area contributed by atoms with Gasteiger partial charge in [0.1, 0.15) is 6.04 Å². The number of nitrogens with one attached hydrogen (secondary N) is 1. The number of anilines is 1. The summed E-state index contributed by atoms with van der Waals surface area (Å²) in [7, 11) is -3.83. The number of aryl methyl sites for hydroxylation is 1. The Hall–Kier alpha value is -1.60. The summed E-state index contributed by atoms with van der Waals surface area (Å²) >= 11 is 0. The third-order valence-corrected chi connectivity index (χ3v) is 4.34. The van der Waals surface area contributed by atoms with E-state index in [0.717, 1.165) is 0 Å². The van der Waals surface area contributed by atoms with Crippen molar-refractivity contribution in [2.24, 2.45) is 11.7 Å². The molecule has 0 aliphatic rings. The molecule has 0 radical (unpaired) electrons. The maximum Gasteiger partial charge on any atom is 0.241 e. The molecule has 0 saturated heterocycles. The van der Waals surface area contributed by atoms with Gasteiger partial charge in [-0.1, -0.05) is 19.9 Å². The fourth-order valence-corrected chi connectivity index (χ4v) is 3.29. The van der Waals surface area contributed by atoms with E-state index >= 15 is 0 Å². The number of nitrogens with two attached hydrogens (primary N) is 2. The van der Waals surface area contributed by atoms with Crippen LogP contribution in [-0.2, 0) is 14.8 Å². The van der Waals surface area contributed by atoms with E-state index in [4.69, 9.17) is 11.5 Å². The van der Waals surface area contributed by atoms with Crippen LogP contribution in [0, 0.1) is 12.8 Å². The summed E-state index contributed by atoms with van der Waals surface area (Å²) in [5.74, 6) is -0.950. The van der Waals surface area contributed by atoms with Crippen LogP contribution in [0.1, 0.15) is 19.4 Å². The first-order valence-corrected chi connectivity index (χ1v) is 7.31. The molecule has 1 atom stereocenters. The number of carbonyl (C=O) groups excluding carboxylic acids is 1. The van der Waals surface area contributed by atoms with Gasteiger partial charge in [0.05, 0.1) is 4.90 Å². The van der Waals surface area contributed by atoms with Gasteiger partial charge in [0.2, 0.25) is 15.9 Å². The molecule has 19 heavy (non-hydrogen) atoms. The number of primary amides is 1. The van der Waals surface area contributed by atoms with E-state index in [-0.39, 0.29) is 10.8 Å². The Morgan fingerprint density at radius 2 is 1.89 bits per heavy atom. The lowest BCUT2D eigenvalue weighted by atomic mass is 10.1. The molecule has 5 N–H and O–H groups in total. The first kappa shape index (κ1) is 15.5. The number of amides is 1. The molecule has 0 fully saturated rings. The maximum absolute atomic E-state index is 12.3. The largest absolute Gasteiger partial charge is 0.399 e. The summed E-state index contributed by atoms with van der Waals surface area (Å²) in [4.78, 5) is 11.3. The summed E-state index contributed by atoms with van der Waals surface area (Å²) in [5.41, 5.74) is 11.7. The molecule has 7 heteroatoms. The zero-order valence-electron chi connectivity index (χ0n) is 11.2. The minimum absolute atomic E-state index is 0.0550. The highest BCUT2D eigenvalue weighted by Gasteiger charge is 2.27. The van der Waals surface area contributed by atoms with Crippen molar-refractivity contribution in [1.29, 1.82) is 0 Å². The van der Waals surface area contributed by atoms with Crippen LogP contribution in [0.5, 0.6) is 0 Å². The van der Waals surface area contributed by atoms with Gasteiger partial charge in [-0.15, -0.1) is 0 Å². The number of sulfonamides is 1. The molecule has 0 saturated carbocycles. The lowest BCUT2D eigenvalue weighted by Gasteiger charge is -2.19. The monoisotopic (exact) mass is 285 g/mol. The molecule has 106 valence electrons. The van der Waals surface area contributed by atoms with Crippen molar-refractivity contribution in [3.05, 3.63) is 23.8 Å². The number of hydrogen-bond donors (Lipinski definition) is 3. The SMILES string of the molecule is Cc1ccc(N)cc1S(=O)(=O)NC(C(N)=O)C(C)C. The van der Waals surface area contributed by atoms with Crippen LogP contribution < -0.4 is 16.2 Å². The van der Waals surface area contributed by atoms with E-state index in [1.165, 1.54) is 6.07 Å². The van der Waals surface area contributed by atoms with E-state index in [0.29, 0.717) is 11.3 Å². The second-order valence-corrected chi connectivity index (χ2v) is 6.45. The topological polar surface area (TPSA) is 115 Å². The summed E-state index contributed by atoms with van der Waals surface area (Å²) in [6, 6.07) is 3.63. The van der Waals surface area contributed by atoms with Crippen molar-refractivity contribution in [3.8, 4) is 0 Å².